The average Bonchev–Trinajstić information content (AvgIpc) is 2.31. The molecule has 0 saturated heterocycles. The molecule has 0 aliphatic rings. The molecule has 0 spiro atoms. The second-order valence-corrected chi connectivity index (χ2v) is 5.11. The first-order valence-corrected chi connectivity index (χ1v) is 6.44. The number of hydrogen-bond acceptors (Lipinski definition) is 2. The minimum absolute atomic E-state index is 0.152. The summed E-state index contributed by atoms with van der Waals surface area (Å²) >= 11 is 0. The van der Waals surface area contributed by atoms with Gasteiger partial charge in [-0.2, -0.15) is 0 Å². The molecule has 1 N–H and O–H groups in total. The number of aryl methyl sites for hydroxylation is 1. The molecule has 0 heterocycles. The van der Waals surface area contributed by atoms with Crippen molar-refractivity contribution >= 4 is 0 Å². The number of benzene rings is 1. The maximum absolute atomic E-state index is 13.1. The van der Waals surface area contributed by atoms with Crippen molar-refractivity contribution in [3.8, 4) is 0 Å². The van der Waals surface area contributed by atoms with Crippen LogP contribution in [-0.4, -0.2) is 26.3 Å². The molecule has 18 heavy (non-hydrogen) atoms. The van der Waals surface area contributed by atoms with E-state index in [1.807, 2.05) is 20.0 Å². The molecule has 102 valence electrons. The third-order valence-corrected chi connectivity index (χ3v) is 3.44. The van der Waals surface area contributed by atoms with Crippen LogP contribution >= 0.6 is 0 Å². The Kier molecular flexibility index (Phi) is 5.76. The number of ether oxygens (including phenoxy) is 1. The molecule has 0 aliphatic carbocycles. The molecular formula is C15H24FNO. The third-order valence-electron chi connectivity index (χ3n) is 3.44. The van der Waals surface area contributed by atoms with Gasteiger partial charge < -0.3 is 10.1 Å². The highest BCUT2D eigenvalue weighted by Gasteiger charge is 2.23. The van der Waals surface area contributed by atoms with Gasteiger partial charge in [0.1, 0.15) is 5.82 Å². The standard InChI is InChI=1S/C15H24FNO/c1-10(2)15(18-5)14(17-4)9-12-6-7-13(16)8-11(12)3/h6-8,10,14-15,17H,9H2,1-5H3. The fourth-order valence-corrected chi connectivity index (χ4v) is 2.41. The highest BCUT2D eigenvalue weighted by Crippen LogP contribution is 2.17. The van der Waals surface area contributed by atoms with E-state index in [1.165, 1.54) is 11.6 Å². The zero-order valence-electron chi connectivity index (χ0n) is 12.0. The van der Waals surface area contributed by atoms with E-state index >= 15 is 0 Å². The molecule has 1 rings (SSSR count). The first-order chi connectivity index (χ1) is 8.49. The number of rotatable bonds is 6. The number of halogens is 1. The van der Waals surface area contributed by atoms with E-state index in [0.717, 1.165) is 12.0 Å². The number of nitrogens with one attached hydrogen (secondary N) is 1. The number of hydrogen-bond donors (Lipinski definition) is 1. The zero-order valence-corrected chi connectivity index (χ0v) is 12.0. The van der Waals surface area contributed by atoms with Crippen LogP contribution in [0.1, 0.15) is 25.0 Å². The van der Waals surface area contributed by atoms with Crippen molar-refractivity contribution in [1.82, 2.24) is 5.32 Å². The maximum Gasteiger partial charge on any atom is 0.123 e. The van der Waals surface area contributed by atoms with Crippen LogP contribution in [0.25, 0.3) is 0 Å². The highest BCUT2D eigenvalue weighted by molar-refractivity contribution is 5.27. The molecule has 0 aliphatic heterocycles. The van der Waals surface area contributed by atoms with E-state index in [2.05, 4.69) is 19.2 Å². The summed E-state index contributed by atoms with van der Waals surface area (Å²) < 4.78 is 18.6. The average molecular weight is 253 g/mol. The topological polar surface area (TPSA) is 21.3 Å². The van der Waals surface area contributed by atoms with E-state index in [9.17, 15) is 4.39 Å². The van der Waals surface area contributed by atoms with Crippen LogP contribution in [0.2, 0.25) is 0 Å². The molecule has 1 aromatic carbocycles. The molecule has 0 amide bonds. The van der Waals surface area contributed by atoms with Gasteiger partial charge in [-0.1, -0.05) is 19.9 Å². The fraction of sp³-hybridized carbons (Fsp3) is 0.600. The first-order valence-electron chi connectivity index (χ1n) is 6.44. The Bertz CT molecular complexity index is 379. The summed E-state index contributed by atoms with van der Waals surface area (Å²) in [4.78, 5) is 0. The Morgan fingerprint density at radius 1 is 1.33 bits per heavy atom. The molecule has 1 aromatic rings. The lowest BCUT2D eigenvalue weighted by Gasteiger charge is -2.29. The van der Waals surface area contributed by atoms with E-state index in [0.29, 0.717) is 5.92 Å². The highest BCUT2D eigenvalue weighted by atomic mass is 19.1. The Hall–Kier alpha value is -0.930. The van der Waals surface area contributed by atoms with Gasteiger partial charge in [0.2, 0.25) is 0 Å². The molecule has 3 heteroatoms. The first kappa shape index (κ1) is 15.1. The van der Waals surface area contributed by atoms with E-state index in [1.54, 1.807) is 13.2 Å². The van der Waals surface area contributed by atoms with Gasteiger partial charge in [0.15, 0.2) is 0 Å². The predicted octanol–water partition coefficient (Wildman–Crippen LogP) is 2.94. The number of likely N-dealkylation sites (N-methyl/N-ethyl adjacent to an activating group) is 1. The van der Waals surface area contributed by atoms with Crippen LogP contribution < -0.4 is 5.32 Å². The molecule has 0 aromatic heterocycles. The van der Waals surface area contributed by atoms with Crippen molar-refractivity contribution in [3.05, 3.63) is 35.1 Å². The van der Waals surface area contributed by atoms with Crippen LogP contribution in [0.5, 0.6) is 0 Å². The van der Waals surface area contributed by atoms with Gasteiger partial charge in [-0.3, -0.25) is 0 Å². The molecule has 2 nitrogen and oxygen atoms in total. The molecular weight excluding hydrogens is 229 g/mol. The number of methoxy groups -OCH3 is 1. The lowest BCUT2D eigenvalue weighted by Crippen LogP contribution is -2.43. The normalized spacial score (nSPS) is 14.8. The summed E-state index contributed by atoms with van der Waals surface area (Å²) in [6.45, 7) is 6.24. The maximum atomic E-state index is 13.1. The second kappa shape index (κ2) is 6.86. The Balaban J connectivity index is 2.85. The minimum Gasteiger partial charge on any atom is -0.380 e. The van der Waals surface area contributed by atoms with Crippen LogP contribution in [0.4, 0.5) is 4.39 Å². The monoisotopic (exact) mass is 253 g/mol. The summed E-state index contributed by atoms with van der Waals surface area (Å²) in [6.07, 6.45) is 0.999. The lowest BCUT2D eigenvalue weighted by atomic mass is 9.92. The van der Waals surface area contributed by atoms with Crippen LogP contribution in [0.15, 0.2) is 18.2 Å². The van der Waals surface area contributed by atoms with Gasteiger partial charge >= 0.3 is 0 Å². The molecule has 0 radical (unpaired) electrons. The van der Waals surface area contributed by atoms with Gasteiger partial charge in [0, 0.05) is 13.2 Å². The van der Waals surface area contributed by atoms with Crippen LogP contribution in [0.3, 0.4) is 0 Å². The lowest BCUT2D eigenvalue weighted by molar-refractivity contribution is 0.0353. The van der Waals surface area contributed by atoms with E-state index in [4.69, 9.17) is 4.74 Å². The van der Waals surface area contributed by atoms with Crippen LogP contribution in [-0.2, 0) is 11.2 Å². The summed E-state index contributed by atoms with van der Waals surface area (Å²) in [5.74, 6) is 0.262. The predicted molar refractivity (Wildman–Crippen MR) is 73.3 cm³/mol. The summed E-state index contributed by atoms with van der Waals surface area (Å²) in [5.41, 5.74) is 2.16. The minimum atomic E-state index is -0.176. The van der Waals surface area contributed by atoms with Crippen molar-refractivity contribution in [2.75, 3.05) is 14.2 Å². The summed E-state index contributed by atoms with van der Waals surface area (Å²) in [5, 5.41) is 3.31. The van der Waals surface area contributed by atoms with E-state index < -0.39 is 0 Å². The third kappa shape index (κ3) is 3.79. The second-order valence-electron chi connectivity index (χ2n) is 5.11. The van der Waals surface area contributed by atoms with Gasteiger partial charge in [0.25, 0.3) is 0 Å². The van der Waals surface area contributed by atoms with Gasteiger partial charge in [-0.15, -0.1) is 0 Å². The Morgan fingerprint density at radius 3 is 2.44 bits per heavy atom. The smallest absolute Gasteiger partial charge is 0.123 e. The van der Waals surface area contributed by atoms with Gasteiger partial charge in [0.05, 0.1) is 6.10 Å². The molecule has 2 atom stereocenters. The Morgan fingerprint density at radius 2 is 2.00 bits per heavy atom. The molecule has 0 saturated carbocycles. The molecule has 0 bridgehead atoms. The van der Waals surface area contributed by atoms with Crippen molar-refractivity contribution in [2.24, 2.45) is 5.92 Å². The van der Waals surface area contributed by atoms with Crippen molar-refractivity contribution in [3.63, 3.8) is 0 Å². The van der Waals surface area contributed by atoms with E-state index in [-0.39, 0.29) is 18.0 Å². The van der Waals surface area contributed by atoms with Crippen molar-refractivity contribution in [2.45, 2.75) is 39.3 Å². The van der Waals surface area contributed by atoms with Crippen molar-refractivity contribution < 1.29 is 9.13 Å². The largest absolute Gasteiger partial charge is 0.380 e. The fourth-order valence-electron chi connectivity index (χ4n) is 2.41. The van der Waals surface area contributed by atoms with Crippen LogP contribution in [0, 0.1) is 18.7 Å². The Labute approximate surface area is 110 Å². The SMILES string of the molecule is CNC(Cc1ccc(F)cc1C)C(OC)C(C)C. The van der Waals surface area contributed by atoms with Gasteiger partial charge in [-0.05, 0) is 49.6 Å². The summed E-state index contributed by atoms with van der Waals surface area (Å²) in [6, 6.07) is 5.20. The van der Waals surface area contributed by atoms with Crippen molar-refractivity contribution in [1.29, 1.82) is 0 Å². The zero-order chi connectivity index (χ0) is 13.7. The van der Waals surface area contributed by atoms with Gasteiger partial charge in [-0.25, -0.2) is 4.39 Å². The molecule has 2 unspecified atom stereocenters. The molecule has 0 fully saturated rings. The quantitative estimate of drug-likeness (QED) is 0.841. The summed E-state index contributed by atoms with van der Waals surface area (Å²) in [7, 11) is 3.68.